The summed E-state index contributed by atoms with van der Waals surface area (Å²) in [4.78, 5) is 38.6. The number of amides is 1. The Morgan fingerprint density at radius 1 is 1.10 bits per heavy atom. The van der Waals surface area contributed by atoms with Crippen molar-refractivity contribution < 1.29 is 14.3 Å². The second-order valence-corrected chi connectivity index (χ2v) is 7.28. The third kappa shape index (κ3) is 5.38. The van der Waals surface area contributed by atoms with Crippen molar-refractivity contribution in [2.75, 3.05) is 7.11 Å². The molecule has 0 radical (unpaired) electrons. The molecule has 1 aromatic carbocycles. The molecule has 162 valence electrons. The third-order valence-corrected chi connectivity index (χ3v) is 5.18. The highest BCUT2D eigenvalue weighted by atomic mass is 16.5. The summed E-state index contributed by atoms with van der Waals surface area (Å²) in [6.45, 7) is 6.75. The van der Waals surface area contributed by atoms with Crippen LogP contribution in [0.1, 0.15) is 73.3 Å². The molecule has 6 heteroatoms. The van der Waals surface area contributed by atoms with Crippen molar-refractivity contribution in [1.29, 1.82) is 0 Å². The van der Waals surface area contributed by atoms with Gasteiger partial charge >= 0.3 is 5.97 Å². The van der Waals surface area contributed by atoms with Crippen LogP contribution in [0.2, 0.25) is 0 Å². The van der Waals surface area contributed by atoms with Crippen LogP contribution in [0, 0.1) is 0 Å². The molecule has 0 aliphatic rings. The Kier molecular flexibility index (Phi) is 8.84. The Balaban J connectivity index is 2.49. The van der Waals surface area contributed by atoms with Gasteiger partial charge in [0, 0.05) is 12.2 Å². The van der Waals surface area contributed by atoms with E-state index in [4.69, 9.17) is 4.74 Å². The van der Waals surface area contributed by atoms with Gasteiger partial charge in [0.25, 0.3) is 11.5 Å². The third-order valence-electron chi connectivity index (χ3n) is 5.18. The number of pyridine rings is 1. The Bertz CT molecular complexity index is 919. The zero-order valence-electron chi connectivity index (χ0n) is 18.4. The van der Waals surface area contributed by atoms with Crippen LogP contribution in [-0.4, -0.2) is 23.6 Å². The molecule has 0 bridgehead atoms. The van der Waals surface area contributed by atoms with Crippen molar-refractivity contribution in [3.8, 4) is 0 Å². The first-order chi connectivity index (χ1) is 14.5. The maximum atomic E-state index is 13.2. The fraction of sp³-hybridized carbons (Fsp3) is 0.458. The average Bonchev–Trinajstić information content (AvgIpc) is 2.77. The van der Waals surface area contributed by atoms with E-state index in [1.165, 1.54) is 7.11 Å². The normalized spacial score (nSPS) is 11.7. The van der Waals surface area contributed by atoms with Crippen LogP contribution >= 0.6 is 0 Å². The molecule has 0 saturated carbocycles. The second-order valence-electron chi connectivity index (χ2n) is 7.28. The molecule has 0 spiro atoms. The van der Waals surface area contributed by atoms with Crippen LogP contribution in [0.25, 0.3) is 0 Å². The van der Waals surface area contributed by atoms with Gasteiger partial charge in [-0.3, -0.25) is 9.59 Å². The number of nitrogens with zero attached hydrogens (tertiary/aromatic N) is 1. The highest BCUT2D eigenvalue weighted by Crippen LogP contribution is 2.17. The first kappa shape index (κ1) is 23.4. The first-order valence-corrected chi connectivity index (χ1v) is 10.7. The van der Waals surface area contributed by atoms with Crippen LogP contribution in [0.3, 0.4) is 0 Å². The van der Waals surface area contributed by atoms with Gasteiger partial charge < -0.3 is 14.6 Å². The van der Waals surface area contributed by atoms with Crippen LogP contribution in [0.4, 0.5) is 0 Å². The maximum absolute atomic E-state index is 13.2. The quantitative estimate of drug-likeness (QED) is 0.602. The van der Waals surface area contributed by atoms with E-state index in [2.05, 4.69) is 19.2 Å². The Morgan fingerprint density at radius 3 is 2.37 bits per heavy atom. The van der Waals surface area contributed by atoms with Crippen LogP contribution < -0.4 is 10.9 Å². The minimum Gasteiger partial charge on any atom is -0.467 e. The number of unbranched alkanes of at least 4 members (excludes halogenated alkanes) is 1. The topological polar surface area (TPSA) is 77.4 Å². The van der Waals surface area contributed by atoms with E-state index in [-0.39, 0.29) is 11.1 Å². The Labute approximate surface area is 178 Å². The smallest absolute Gasteiger partial charge is 0.333 e. The van der Waals surface area contributed by atoms with Gasteiger partial charge in [-0.05, 0) is 36.5 Å². The molecule has 30 heavy (non-hydrogen) atoms. The minimum atomic E-state index is -0.979. The molecule has 1 heterocycles. The Morgan fingerprint density at radius 2 is 1.80 bits per heavy atom. The van der Waals surface area contributed by atoms with E-state index in [1.54, 1.807) is 34.9 Å². The summed E-state index contributed by atoms with van der Waals surface area (Å²) in [5, 5.41) is 2.70. The summed E-state index contributed by atoms with van der Waals surface area (Å²) < 4.78 is 6.62. The predicted molar refractivity (Wildman–Crippen MR) is 118 cm³/mol. The van der Waals surface area contributed by atoms with Gasteiger partial charge in [0.1, 0.15) is 5.56 Å². The number of carbonyl (C=O) groups is 2. The number of esters is 1. The SMILES string of the molecule is CCCCn1c(CCC)c(CC)cc(C(=O)NC(C(=O)OC)c2ccccc2)c1=O. The molecular formula is C24H32N2O4. The number of methoxy groups -OCH3 is 1. The van der Waals surface area contributed by atoms with E-state index in [9.17, 15) is 14.4 Å². The van der Waals surface area contributed by atoms with Gasteiger partial charge in [-0.1, -0.05) is 63.9 Å². The zero-order valence-corrected chi connectivity index (χ0v) is 18.4. The first-order valence-electron chi connectivity index (χ1n) is 10.7. The number of rotatable bonds is 10. The zero-order chi connectivity index (χ0) is 22.1. The summed E-state index contributed by atoms with van der Waals surface area (Å²) in [6, 6.07) is 9.57. The van der Waals surface area contributed by atoms with Gasteiger partial charge in [0.2, 0.25) is 0 Å². The molecule has 0 aliphatic carbocycles. The lowest BCUT2D eigenvalue weighted by Crippen LogP contribution is -2.39. The molecule has 2 rings (SSSR count). The van der Waals surface area contributed by atoms with Crippen molar-refractivity contribution in [2.24, 2.45) is 0 Å². The second kappa shape index (κ2) is 11.3. The minimum absolute atomic E-state index is 0.0626. The fourth-order valence-corrected chi connectivity index (χ4v) is 3.56. The number of hydrogen-bond acceptors (Lipinski definition) is 4. The molecule has 0 aliphatic heterocycles. The van der Waals surface area contributed by atoms with Crippen molar-refractivity contribution in [3.05, 3.63) is 69.1 Å². The molecule has 1 unspecified atom stereocenters. The molecule has 1 aromatic heterocycles. The van der Waals surface area contributed by atoms with Crippen molar-refractivity contribution in [3.63, 3.8) is 0 Å². The number of benzene rings is 1. The molecule has 0 saturated heterocycles. The number of nitrogens with one attached hydrogen (secondary N) is 1. The van der Waals surface area contributed by atoms with Crippen LogP contribution in [0.5, 0.6) is 0 Å². The van der Waals surface area contributed by atoms with Gasteiger partial charge in [-0.15, -0.1) is 0 Å². The summed E-state index contributed by atoms with van der Waals surface area (Å²) in [6.07, 6.45) is 4.25. The predicted octanol–water partition coefficient (Wildman–Crippen LogP) is 3.81. The van der Waals surface area contributed by atoms with Gasteiger partial charge in [0.05, 0.1) is 7.11 Å². The lowest BCUT2D eigenvalue weighted by atomic mass is 10.0. The van der Waals surface area contributed by atoms with Crippen molar-refractivity contribution in [1.82, 2.24) is 9.88 Å². The van der Waals surface area contributed by atoms with Crippen LogP contribution in [0.15, 0.2) is 41.2 Å². The number of aromatic nitrogens is 1. The van der Waals surface area contributed by atoms with Crippen molar-refractivity contribution in [2.45, 2.75) is 65.5 Å². The molecular weight excluding hydrogens is 380 g/mol. The largest absolute Gasteiger partial charge is 0.467 e. The van der Waals surface area contributed by atoms with E-state index < -0.39 is 17.9 Å². The molecule has 6 nitrogen and oxygen atoms in total. The van der Waals surface area contributed by atoms with Gasteiger partial charge in [-0.2, -0.15) is 0 Å². The highest BCUT2D eigenvalue weighted by Gasteiger charge is 2.26. The van der Waals surface area contributed by atoms with E-state index in [1.807, 2.05) is 13.0 Å². The lowest BCUT2D eigenvalue weighted by Gasteiger charge is -2.20. The molecule has 1 atom stereocenters. The molecule has 2 aromatic rings. The summed E-state index contributed by atoms with van der Waals surface area (Å²) in [5.74, 6) is -1.15. The fourth-order valence-electron chi connectivity index (χ4n) is 3.56. The van der Waals surface area contributed by atoms with Crippen molar-refractivity contribution >= 4 is 11.9 Å². The van der Waals surface area contributed by atoms with E-state index >= 15 is 0 Å². The summed E-state index contributed by atoms with van der Waals surface area (Å²) in [5.41, 5.74) is 2.35. The number of aryl methyl sites for hydroxylation is 1. The molecule has 1 amide bonds. The molecule has 0 fully saturated rings. The number of carbonyl (C=O) groups excluding carboxylic acids is 2. The monoisotopic (exact) mass is 412 g/mol. The summed E-state index contributed by atoms with van der Waals surface area (Å²) in [7, 11) is 1.27. The average molecular weight is 413 g/mol. The Hall–Kier alpha value is -2.89. The maximum Gasteiger partial charge on any atom is 0.333 e. The lowest BCUT2D eigenvalue weighted by molar-refractivity contribution is -0.143. The van der Waals surface area contributed by atoms with Gasteiger partial charge in [-0.25, -0.2) is 4.79 Å². The van der Waals surface area contributed by atoms with Crippen LogP contribution in [-0.2, 0) is 28.9 Å². The van der Waals surface area contributed by atoms with E-state index in [0.29, 0.717) is 12.1 Å². The number of hydrogen-bond donors (Lipinski definition) is 1. The van der Waals surface area contributed by atoms with E-state index in [0.717, 1.165) is 43.4 Å². The standard InChI is InChI=1S/C24H32N2O4/c1-5-8-15-26-20(12-6-2)17(7-3)16-19(23(26)28)22(27)25-21(24(29)30-4)18-13-10-9-11-14-18/h9-11,13-14,16,21H,5-8,12,15H2,1-4H3,(H,25,27). The number of ether oxygens (including phenoxy) is 1. The van der Waals surface area contributed by atoms with Gasteiger partial charge in [0.15, 0.2) is 6.04 Å². The highest BCUT2D eigenvalue weighted by molar-refractivity contribution is 5.97. The summed E-state index contributed by atoms with van der Waals surface area (Å²) >= 11 is 0. The molecule has 1 N–H and O–H groups in total.